The number of amides is 16. The summed E-state index contributed by atoms with van der Waals surface area (Å²) in [7, 11) is 3.98. The Bertz CT molecular complexity index is 5270. The van der Waals surface area contributed by atoms with E-state index < -0.39 is 216 Å². The minimum absolute atomic E-state index is 0.000796. The number of aliphatic carboxylic acids is 1. The number of hydrogen-bond donors (Lipinski definition) is 21. The van der Waals surface area contributed by atoms with Gasteiger partial charge in [-0.15, -0.1) is 11.8 Å². The Balaban J connectivity index is 1.12. The fourth-order valence-corrected chi connectivity index (χ4v) is 18.2. The molecule has 3 fully saturated rings. The Hall–Kier alpha value is -13.7. The summed E-state index contributed by atoms with van der Waals surface area (Å²) in [4.78, 5) is 272. The molecule has 0 aliphatic carbocycles. The number of phenols is 1. The number of nitrogens with one attached hydrogen (secondary N) is 15. The standard InChI is InChI=1S/C94H135N25O19S/c1-7-9-29-73-86(131)108-65(28-19-39-101-94(98)99)83(128)114-72(81(126)104-50-77(97)121)51-139-52-78(122)106-69(42-55-33-35-59(120)36-34-55)89(134)115(4)54(3)80(125)112-71(46-79(123)124)92(137)119-41-21-32-75(119)88(133)111-68(45-58-49-100-53-105-58)85(130)109-66(27-16-18-38-96)91(136)118-40-20-31-74(118)87(132)110-67(43-56-47-102-62-24-13-11-22-60(56)62)84(129)107-64(26-15-17-37-95)82(127)113-70(44-57-48-103-63-25-14-12-23-61(57)63)90(135)117(6)76(30-10-8-2)93(138)116(73)5/h11-14,22-25,33-36,47-49,53-54,64-76,102-103,120H,7-10,15-21,26-32,37-46,50-52,95-96H2,1-6H3,(H2,97,121)(H,100,105)(H,104,126)(H,106,122)(H,107,129)(H,108,131)(H,109,130)(H,110,132)(H,111,133)(H,112,125)(H,113,127)(H,114,128)(H,123,124)(H4,98,99,101)/t54-,64-,65-,66-,67-,68-,69-,70-,71-,72-,73-,74-,75-,76-/m0/s1. The first-order valence-electron chi connectivity index (χ1n) is 47.4. The number of imidazole rings is 1. The predicted octanol–water partition coefficient (Wildman–Crippen LogP) is -1.08. The summed E-state index contributed by atoms with van der Waals surface area (Å²) in [5.74, 6) is -17.3. The molecule has 3 aliphatic rings. The number of guanidine groups is 1. The minimum atomic E-state index is -1.89. The van der Waals surface area contributed by atoms with Gasteiger partial charge in [0.25, 0.3) is 0 Å². The quantitative estimate of drug-likeness (QED) is 0.0140. The highest BCUT2D eigenvalue weighted by molar-refractivity contribution is 8.00. The monoisotopic (exact) mass is 1950 g/mol. The van der Waals surface area contributed by atoms with Crippen LogP contribution in [-0.2, 0) is 107 Å². The average Bonchev–Trinajstić information content (AvgIpc) is 1.71. The van der Waals surface area contributed by atoms with Crippen LogP contribution in [0, 0.1) is 5.41 Å². The topological polar surface area (TPSA) is 667 Å². The first-order chi connectivity index (χ1) is 66.5. The van der Waals surface area contributed by atoms with Crippen molar-refractivity contribution in [3.05, 3.63) is 120 Å². The van der Waals surface area contributed by atoms with Gasteiger partial charge in [-0.1, -0.05) is 88.1 Å². The van der Waals surface area contributed by atoms with Gasteiger partial charge in [-0.05, 0) is 151 Å². The maximum Gasteiger partial charge on any atom is 0.305 e. The number of nitrogens with two attached hydrogens (primary N) is 4. The predicted molar refractivity (Wildman–Crippen MR) is 516 cm³/mol. The van der Waals surface area contributed by atoms with Crippen molar-refractivity contribution in [2.75, 3.05) is 71.9 Å². The van der Waals surface area contributed by atoms with Gasteiger partial charge in [0.1, 0.15) is 90.3 Å². The average molecular weight is 1950 g/mol. The van der Waals surface area contributed by atoms with Crippen molar-refractivity contribution in [1.29, 1.82) is 5.41 Å². The number of H-pyrrole nitrogens is 3. The van der Waals surface area contributed by atoms with Crippen LogP contribution >= 0.6 is 11.8 Å². The first-order valence-corrected chi connectivity index (χ1v) is 48.5. The number of carboxylic acid groups (broad SMARTS) is 1. The zero-order chi connectivity index (χ0) is 101. The maximum absolute atomic E-state index is 16.0. The number of rotatable bonds is 31. The lowest BCUT2D eigenvalue weighted by Gasteiger charge is -2.36. The molecule has 0 unspecified atom stereocenters. The molecule has 0 saturated carbocycles. The number of carbonyl (C=O) groups excluding carboxylic acids is 16. The summed E-state index contributed by atoms with van der Waals surface area (Å²) >= 11 is 0.763. The SMILES string of the molecule is CCCC[C@H]1C(=O)N(C)[C@@H](CCCC)C(=O)N[C@@H](CCCNC(=N)N)C(=O)N[C@H](C(=O)NCC(N)=O)CSCC(=O)N[C@@H](Cc2ccc(O)cc2)C(=O)N(C)[C@@H](C)C(=O)N[C@@H](CC(=O)O)C(=O)N2CCC[C@H]2C(=O)N[C@@H](Cc2c[nH]cn2)C(=O)N[C@@H](CCCCN)C(=O)N2CCC[C@H]2C(=O)N[C@@H](Cc2c[nH]c3ccccc23)C(=O)N[C@@H](CCCCN)C(=O)N[C@@H](Cc2c[nH]c3ccccc23)C(=O)N1C. The van der Waals surface area contributed by atoms with E-state index in [9.17, 15) is 48.6 Å². The van der Waals surface area contributed by atoms with Gasteiger partial charge in [0.15, 0.2) is 5.96 Å². The normalized spacial score (nSPS) is 23.8. The molecule has 45 heteroatoms. The number of aromatic amines is 3. The van der Waals surface area contributed by atoms with Crippen molar-refractivity contribution in [2.24, 2.45) is 22.9 Å². The van der Waals surface area contributed by atoms with Crippen LogP contribution in [0.25, 0.3) is 21.8 Å². The van der Waals surface area contributed by atoms with Crippen LogP contribution in [0.1, 0.15) is 165 Å². The first kappa shape index (κ1) is 109. The van der Waals surface area contributed by atoms with Crippen LogP contribution in [0.3, 0.4) is 0 Å². The van der Waals surface area contributed by atoms with E-state index in [1.54, 1.807) is 30.6 Å². The van der Waals surface area contributed by atoms with Crippen molar-refractivity contribution in [3.8, 4) is 5.75 Å². The number of unbranched alkanes of at least 4 members (excludes halogenated alkanes) is 4. The van der Waals surface area contributed by atoms with Crippen molar-refractivity contribution >= 4 is 140 Å². The fraction of sp³-hybridized carbons (Fsp3) is 0.543. The number of aromatic hydroxyl groups is 1. The molecule has 3 aromatic heterocycles. The molecule has 756 valence electrons. The molecule has 16 amide bonds. The molecule has 25 N–H and O–H groups in total. The van der Waals surface area contributed by atoms with E-state index in [0.29, 0.717) is 77.0 Å². The second kappa shape index (κ2) is 53.9. The Morgan fingerprint density at radius 2 is 0.978 bits per heavy atom. The number of aromatic nitrogens is 4. The van der Waals surface area contributed by atoms with Gasteiger partial charge < -0.3 is 131 Å². The third-order valence-electron chi connectivity index (χ3n) is 25.3. The Morgan fingerprint density at radius 3 is 1.53 bits per heavy atom. The molecule has 139 heavy (non-hydrogen) atoms. The van der Waals surface area contributed by atoms with E-state index in [-0.39, 0.29) is 147 Å². The number of carbonyl (C=O) groups is 17. The van der Waals surface area contributed by atoms with Crippen molar-refractivity contribution < 1.29 is 91.7 Å². The van der Waals surface area contributed by atoms with E-state index in [1.165, 1.54) is 79.6 Å². The summed E-state index contributed by atoms with van der Waals surface area (Å²) in [6, 6.07) is -0.888. The van der Waals surface area contributed by atoms with Gasteiger partial charge in [-0.2, -0.15) is 0 Å². The second-order valence-electron chi connectivity index (χ2n) is 35.4. The third-order valence-corrected chi connectivity index (χ3v) is 26.3. The fourth-order valence-electron chi connectivity index (χ4n) is 17.4. The number of phenolic OH excluding ortho intramolecular Hbond substituents is 1. The molecule has 3 aliphatic heterocycles. The summed E-state index contributed by atoms with van der Waals surface area (Å²) in [6.07, 6.45) is 7.40. The maximum atomic E-state index is 16.0. The number of benzene rings is 3. The summed E-state index contributed by atoms with van der Waals surface area (Å²) in [5.41, 5.74) is 26.4. The number of para-hydroxylation sites is 2. The van der Waals surface area contributed by atoms with Gasteiger partial charge in [0.05, 0.1) is 30.7 Å². The van der Waals surface area contributed by atoms with E-state index in [2.05, 4.69) is 78.4 Å². The molecule has 6 aromatic rings. The van der Waals surface area contributed by atoms with E-state index in [1.807, 2.05) is 44.2 Å². The molecule has 0 spiro atoms. The van der Waals surface area contributed by atoms with Crippen LogP contribution in [0.2, 0.25) is 0 Å². The molecule has 0 bridgehead atoms. The Kier molecular flexibility index (Phi) is 42.2. The summed E-state index contributed by atoms with van der Waals surface area (Å²) < 4.78 is 0. The van der Waals surface area contributed by atoms with E-state index in [0.717, 1.165) is 21.6 Å². The van der Waals surface area contributed by atoms with E-state index in [4.69, 9.17) is 28.3 Å². The zero-order valence-electron chi connectivity index (χ0n) is 79.5. The lowest BCUT2D eigenvalue weighted by Crippen LogP contribution is -2.61. The number of fused-ring (bicyclic) bond motifs is 4. The highest BCUT2D eigenvalue weighted by Gasteiger charge is 2.46. The molecule has 0 radical (unpaired) electrons. The van der Waals surface area contributed by atoms with E-state index >= 15 is 43.2 Å². The number of hydrogen-bond acceptors (Lipinski definition) is 23. The van der Waals surface area contributed by atoms with Crippen molar-refractivity contribution in [3.63, 3.8) is 0 Å². The molecule has 6 heterocycles. The second-order valence-corrected chi connectivity index (χ2v) is 36.5. The smallest absolute Gasteiger partial charge is 0.305 e. The number of carboxylic acids is 1. The Labute approximate surface area is 809 Å². The van der Waals surface area contributed by atoms with Crippen LogP contribution < -0.4 is 81.4 Å². The van der Waals surface area contributed by atoms with Gasteiger partial charge >= 0.3 is 5.97 Å². The van der Waals surface area contributed by atoms with Crippen LogP contribution in [0.4, 0.5) is 0 Å². The molecule has 3 saturated heterocycles. The number of likely N-dealkylation sites (N-methyl/N-ethyl adjacent to an activating group) is 3. The van der Waals surface area contributed by atoms with Crippen molar-refractivity contribution in [1.82, 2.24) is 103 Å². The zero-order valence-corrected chi connectivity index (χ0v) is 80.3. The lowest BCUT2D eigenvalue weighted by atomic mass is 9.99. The van der Waals surface area contributed by atoms with Crippen LogP contribution in [0.15, 0.2) is 97.7 Å². The van der Waals surface area contributed by atoms with Crippen LogP contribution in [-0.4, -0.2) is 318 Å². The molecule has 9 rings (SSSR count). The molecule has 14 atom stereocenters. The molecular formula is C94H135N25O19S. The highest BCUT2D eigenvalue weighted by atomic mass is 32.2. The highest BCUT2D eigenvalue weighted by Crippen LogP contribution is 2.28. The largest absolute Gasteiger partial charge is 0.508 e. The number of thioether (sulfide) groups is 1. The summed E-state index contributed by atoms with van der Waals surface area (Å²) in [5, 5.41) is 59.7. The third kappa shape index (κ3) is 31.4. The van der Waals surface area contributed by atoms with Gasteiger partial charge in [-0.3, -0.25) is 86.9 Å². The number of primary amides is 1. The van der Waals surface area contributed by atoms with Gasteiger partial charge in [0, 0.05) is 113 Å². The van der Waals surface area contributed by atoms with Crippen molar-refractivity contribution in [2.45, 2.75) is 253 Å². The Morgan fingerprint density at radius 1 is 0.496 bits per heavy atom. The lowest BCUT2D eigenvalue weighted by molar-refractivity contribution is -0.149. The molecule has 3 aromatic carbocycles. The molecule has 44 nitrogen and oxygen atoms in total. The van der Waals surface area contributed by atoms with Crippen LogP contribution in [0.5, 0.6) is 5.75 Å². The van der Waals surface area contributed by atoms with Gasteiger partial charge in [0.2, 0.25) is 94.5 Å². The minimum Gasteiger partial charge on any atom is -0.508 e. The van der Waals surface area contributed by atoms with Gasteiger partial charge in [-0.25, -0.2) is 4.98 Å². The summed E-state index contributed by atoms with van der Waals surface area (Å²) in [6.45, 7) is 4.46. The molecular weight excluding hydrogens is 1820 g/mol. The number of nitrogens with zero attached hydrogens (tertiary/aromatic N) is 6.